The normalized spacial score (nSPS) is 15.2. The maximum Gasteiger partial charge on any atom is 0.251 e. The van der Waals surface area contributed by atoms with Gasteiger partial charge < -0.3 is 23.8 Å². The number of imidazole rings is 1. The molecule has 1 amide bonds. The molecule has 1 atom stereocenters. The second kappa shape index (κ2) is 10.7. The van der Waals surface area contributed by atoms with E-state index in [0.29, 0.717) is 23.1 Å². The molecule has 2 aromatic heterocycles. The smallest absolute Gasteiger partial charge is 0.251 e. The molecule has 2 aromatic carbocycles. The number of hydrogen-bond acceptors (Lipinski definition) is 5. The minimum atomic E-state index is -0.190. The van der Waals surface area contributed by atoms with Crippen molar-refractivity contribution in [2.24, 2.45) is 5.92 Å². The van der Waals surface area contributed by atoms with Crippen molar-refractivity contribution in [2.45, 2.75) is 58.0 Å². The maximum atomic E-state index is 13.5. The molecule has 7 heteroatoms. The second-order valence-corrected chi connectivity index (χ2v) is 10.1. The minimum Gasteiger partial charge on any atom is -0.493 e. The van der Waals surface area contributed by atoms with Crippen LogP contribution in [0.5, 0.6) is 11.5 Å². The summed E-state index contributed by atoms with van der Waals surface area (Å²) in [4.78, 5) is 18.4. The average Bonchev–Trinajstić information content (AvgIpc) is 3.59. The third-order valence-corrected chi connectivity index (χ3v) is 7.39. The van der Waals surface area contributed by atoms with Gasteiger partial charge in [0.25, 0.3) is 5.91 Å². The van der Waals surface area contributed by atoms with E-state index in [4.69, 9.17) is 18.9 Å². The van der Waals surface area contributed by atoms with Gasteiger partial charge in [0.2, 0.25) is 0 Å². The van der Waals surface area contributed by atoms with Crippen LogP contribution in [0.3, 0.4) is 0 Å². The Labute approximate surface area is 217 Å². The summed E-state index contributed by atoms with van der Waals surface area (Å²) in [5, 5.41) is 3.23. The van der Waals surface area contributed by atoms with Crippen LogP contribution in [0.4, 0.5) is 0 Å². The van der Waals surface area contributed by atoms with Gasteiger partial charge in [-0.2, -0.15) is 0 Å². The molecule has 2 heterocycles. The van der Waals surface area contributed by atoms with Gasteiger partial charge in [-0.3, -0.25) is 4.79 Å². The number of carbonyl (C=O) groups excluding carboxylic acids is 1. The third-order valence-electron chi connectivity index (χ3n) is 7.39. The number of nitrogens with zero attached hydrogens (tertiary/aromatic N) is 2. The second-order valence-electron chi connectivity index (χ2n) is 10.1. The number of carbonyl (C=O) groups is 1. The number of methoxy groups -OCH3 is 2. The van der Waals surface area contributed by atoms with E-state index in [9.17, 15) is 4.79 Å². The van der Waals surface area contributed by atoms with Crippen LogP contribution in [0.2, 0.25) is 0 Å². The lowest BCUT2D eigenvalue weighted by Crippen LogP contribution is -2.31. The van der Waals surface area contributed by atoms with Gasteiger partial charge in [0, 0.05) is 11.6 Å². The zero-order valence-electron chi connectivity index (χ0n) is 22.0. The van der Waals surface area contributed by atoms with Crippen LogP contribution in [0, 0.1) is 5.92 Å². The maximum absolute atomic E-state index is 13.5. The summed E-state index contributed by atoms with van der Waals surface area (Å²) in [5.74, 6) is 2.24. The molecule has 1 saturated carbocycles. The van der Waals surface area contributed by atoms with Gasteiger partial charge in [0.15, 0.2) is 11.5 Å². The van der Waals surface area contributed by atoms with E-state index in [-0.39, 0.29) is 17.9 Å². The van der Waals surface area contributed by atoms with Crippen LogP contribution in [-0.2, 0) is 0 Å². The van der Waals surface area contributed by atoms with Gasteiger partial charge in [-0.1, -0.05) is 39.2 Å². The first-order chi connectivity index (χ1) is 18.0. The van der Waals surface area contributed by atoms with Gasteiger partial charge in [0.1, 0.15) is 12.1 Å². The summed E-state index contributed by atoms with van der Waals surface area (Å²) in [6.45, 7) is 4.18. The highest BCUT2D eigenvalue weighted by atomic mass is 16.5. The lowest BCUT2D eigenvalue weighted by molar-refractivity contribution is 0.0925. The standard InChI is InChI=1S/C30H35N3O4/c1-19(2)28(20-11-13-26(35-3)27(17-20)36-4)32-30(34)21-10-12-25-24(16-21)31-29(22-14-15-37-18-22)33(25)23-8-6-5-7-9-23/h10-19,23,28H,5-9H2,1-4H3,(H,32,34). The van der Waals surface area contributed by atoms with E-state index in [1.807, 2.05) is 42.5 Å². The Hall–Kier alpha value is -3.74. The van der Waals surface area contributed by atoms with Gasteiger partial charge in [-0.25, -0.2) is 4.98 Å². The summed E-state index contributed by atoms with van der Waals surface area (Å²) in [5.41, 5.74) is 4.39. The topological polar surface area (TPSA) is 78.5 Å². The summed E-state index contributed by atoms with van der Waals surface area (Å²) in [6.07, 6.45) is 9.43. The number of benzene rings is 2. The molecular weight excluding hydrogens is 466 g/mol. The first-order valence-corrected chi connectivity index (χ1v) is 13.1. The molecule has 1 unspecified atom stereocenters. The molecule has 37 heavy (non-hydrogen) atoms. The number of fused-ring (bicyclic) bond motifs is 1. The number of rotatable bonds is 8. The van der Waals surface area contributed by atoms with Crippen molar-refractivity contribution in [1.29, 1.82) is 0 Å². The summed E-state index contributed by atoms with van der Waals surface area (Å²) < 4.78 is 18.6. The molecular formula is C30H35N3O4. The first-order valence-electron chi connectivity index (χ1n) is 13.1. The lowest BCUT2D eigenvalue weighted by Gasteiger charge is -2.25. The van der Waals surface area contributed by atoms with E-state index in [1.54, 1.807) is 26.7 Å². The van der Waals surface area contributed by atoms with Gasteiger partial charge in [0.05, 0.1) is 43.1 Å². The molecule has 0 spiro atoms. The Morgan fingerprint density at radius 1 is 1.03 bits per heavy atom. The van der Waals surface area contributed by atoms with Crippen molar-refractivity contribution >= 4 is 16.9 Å². The highest BCUT2D eigenvalue weighted by Crippen LogP contribution is 2.37. The van der Waals surface area contributed by atoms with E-state index in [2.05, 4.69) is 23.7 Å². The van der Waals surface area contributed by atoms with Gasteiger partial charge >= 0.3 is 0 Å². The van der Waals surface area contributed by atoms with E-state index < -0.39 is 0 Å². The molecule has 7 nitrogen and oxygen atoms in total. The van der Waals surface area contributed by atoms with Crippen molar-refractivity contribution in [2.75, 3.05) is 14.2 Å². The van der Waals surface area contributed by atoms with Crippen LogP contribution in [0.15, 0.2) is 59.4 Å². The largest absolute Gasteiger partial charge is 0.493 e. The molecule has 0 saturated heterocycles. The van der Waals surface area contributed by atoms with Gasteiger partial charge in [-0.15, -0.1) is 0 Å². The fraction of sp³-hybridized carbons (Fsp3) is 0.400. The Bertz CT molecular complexity index is 1370. The highest BCUT2D eigenvalue weighted by molar-refractivity contribution is 5.98. The number of ether oxygens (including phenoxy) is 2. The molecule has 5 rings (SSSR count). The lowest BCUT2D eigenvalue weighted by atomic mass is 9.94. The number of nitrogens with one attached hydrogen (secondary N) is 1. The average molecular weight is 502 g/mol. The van der Waals surface area contributed by atoms with E-state index in [0.717, 1.165) is 40.8 Å². The Kier molecular flexibility index (Phi) is 7.22. The number of amides is 1. The number of furan rings is 1. The fourth-order valence-electron chi connectivity index (χ4n) is 5.45. The molecule has 1 fully saturated rings. The predicted molar refractivity (Wildman–Crippen MR) is 144 cm³/mol. The monoisotopic (exact) mass is 501 g/mol. The summed E-state index contributed by atoms with van der Waals surface area (Å²) >= 11 is 0. The van der Waals surface area contributed by atoms with Crippen molar-refractivity contribution in [3.8, 4) is 22.9 Å². The van der Waals surface area contributed by atoms with Crippen LogP contribution < -0.4 is 14.8 Å². The first kappa shape index (κ1) is 24.9. The van der Waals surface area contributed by atoms with Crippen molar-refractivity contribution in [3.63, 3.8) is 0 Å². The molecule has 0 bridgehead atoms. The van der Waals surface area contributed by atoms with E-state index in [1.165, 1.54) is 19.3 Å². The molecule has 1 aliphatic rings. The quantitative estimate of drug-likeness (QED) is 0.283. The molecule has 1 aliphatic carbocycles. The molecule has 0 aliphatic heterocycles. The summed E-state index contributed by atoms with van der Waals surface area (Å²) in [7, 11) is 3.23. The van der Waals surface area contributed by atoms with Crippen LogP contribution in [-0.4, -0.2) is 29.7 Å². The Balaban J connectivity index is 1.47. The van der Waals surface area contributed by atoms with Crippen molar-refractivity contribution in [3.05, 3.63) is 66.1 Å². The fourth-order valence-corrected chi connectivity index (χ4v) is 5.45. The Morgan fingerprint density at radius 3 is 2.49 bits per heavy atom. The SMILES string of the molecule is COc1ccc(C(NC(=O)c2ccc3c(c2)nc(-c2ccoc2)n3C2CCCCC2)C(C)C)cc1OC. The van der Waals surface area contributed by atoms with Gasteiger partial charge in [-0.05, 0) is 60.7 Å². The van der Waals surface area contributed by atoms with Crippen molar-refractivity contribution < 1.29 is 18.7 Å². The predicted octanol–water partition coefficient (Wildman–Crippen LogP) is 6.95. The third kappa shape index (κ3) is 4.95. The summed E-state index contributed by atoms with van der Waals surface area (Å²) in [6, 6.07) is 13.8. The molecule has 1 N–H and O–H groups in total. The van der Waals surface area contributed by atoms with Crippen LogP contribution in [0.1, 0.15) is 74.0 Å². The number of hydrogen-bond donors (Lipinski definition) is 1. The molecule has 194 valence electrons. The molecule has 4 aromatic rings. The minimum absolute atomic E-state index is 0.132. The van der Waals surface area contributed by atoms with Crippen molar-refractivity contribution in [1.82, 2.24) is 14.9 Å². The Morgan fingerprint density at radius 2 is 1.81 bits per heavy atom. The zero-order chi connectivity index (χ0) is 25.9. The van der Waals surface area contributed by atoms with E-state index >= 15 is 0 Å². The molecule has 0 radical (unpaired) electrons. The zero-order valence-corrected chi connectivity index (χ0v) is 22.0. The van der Waals surface area contributed by atoms with Crippen LogP contribution in [0.25, 0.3) is 22.4 Å². The highest BCUT2D eigenvalue weighted by Gasteiger charge is 2.25. The van der Waals surface area contributed by atoms with Crippen LogP contribution >= 0.6 is 0 Å². The number of aromatic nitrogens is 2.